The number of aromatic carboxylic acids is 1. The molecule has 1 unspecified atom stereocenters. The van der Waals surface area contributed by atoms with Gasteiger partial charge in [-0.15, -0.1) is 0 Å². The summed E-state index contributed by atoms with van der Waals surface area (Å²) in [6.45, 7) is 3.64. The fourth-order valence-electron chi connectivity index (χ4n) is 4.22. The van der Waals surface area contributed by atoms with Gasteiger partial charge in [-0.3, -0.25) is 10.2 Å². The molecule has 2 aromatic carbocycles. The second-order valence-corrected chi connectivity index (χ2v) is 8.10. The average molecular weight is 470 g/mol. The number of nitrogens with one attached hydrogen (secondary N) is 1. The van der Waals surface area contributed by atoms with Gasteiger partial charge in [0.2, 0.25) is 5.43 Å². The topological polar surface area (TPSA) is 110 Å². The van der Waals surface area contributed by atoms with E-state index in [1.54, 1.807) is 27.4 Å². The van der Waals surface area contributed by atoms with E-state index in [1.807, 2.05) is 0 Å². The van der Waals surface area contributed by atoms with Crippen LogP contribution in [0.3, 0.4) is 0 Å². The normalized spacial score (nSPS) is 14.9. The Morgan fingerprint density at radius 2 is 1.76 bits per heavy atom. The maximum Gasteiger partial charge on any atom is 0.341 e. The minimum atomic E-state index is -1.36. The molecule has 0 bridgehead atoms. The van der Waals surface area contributed by atoms with E-state index < -0.39 is 34.7 Å². The Morgan fingerprint density at radius 1 is 1.12 bits per heavy atom. The van der Waals surface area contributed by atoms with Crippen LogP contribution in [0.1, 0.15) is 28.9 Å². The van der Waals surface area contributed by atoms with Gasteiger partial charge in [0.15, 0.2) is 0 Å². The number of carboxylic acids is 1. The standard InChI is InChI=1S/C24H24F2N4O4/c1-2-28-13-17(24(33)34)22(32)16-11-18(26)20(12-19(16)28)29-7-9-30(10-8-29)23(27)21(31)14-3-5-15(25)6-4-14/h3-6,11-13,21,27,31H,2,7-10H2,1H3,(H,33,34). The Kier molecular flexibility index (Phi) is 6.34. The molecule has 1 aliphatic rings. The summed E-state index contributed by atoms with van der Waals surface area (Å²) in [4.78, 5) is 27.4. The molecule has 3 N–H and O–H groups in total. The van der Waals surface area contributed by atoms with Crippen molar-refractivity contribution < 1.29 is 23.8 Å². The number of aromatic nitrogens is 1. The Balaban J connectivity index is 1.56. The molecular weight excluding hydrogens is 446 g/mol. The number of carbonyl (C=O) groups is 1. The summed E-state index contributed by atoms with van der Waals surface area (Å²) in [5, 5.41) is 28.1. The highest BCUT2D eigenvalue weighted by molar-refractivity contribution is 5.93. The number of halogens is 2. The van der Waals surface area contributed by atoms with Crippen LogP contribution in [-0.2, 0) is 6.54 Å². The van der Waals surface area contributed by atoms with E-state index in [9.17, 15) is 24.2 Å². The van der Waals surface area contributed by atoms with Gasteiger partial charge in [-0.2, -0.15) is 0 Å². The predicted molar refractivity (Wildman–Crippen MR) is 124 cm³/mol. The van der Waals surface area contributed by atoms with E-state index in [0.29, 0.717) is 43.8 Å². The van der Waals surface area contributed by atoms with Crippen molar-refractivity contribution in [2.45, 2.75) is 19.6 Å². The largest absolute Gasteiger partial charge is 0.477 e. The van der Waals surface area contributed by atoms with Crippen LogP contribution in [0.4, 0.5) is 14.5 Å². The average Bonchev–Trinajstić information content (AvgIpc) is 2.84. The Labute approximate surface area is 193 Å². The van der Waals surface area contributed by atoms with Crippen molar-refractivity contribution in [3.63, 3.8) is 0 Å². The Morgan fingerprint density at radius 3 is 2.35 bits per heavy atom. The second-order valence-electron chi connectivity index (χ2n) is 8.10. The molecule has 1 atom stereocenters. The summed E-state index contributed by atoms with van der Waals surface area (Å²) in [6, 6.07) is 7.94. The molecule has 0 amide bonds. The fourth-order valence-corrected chi connectivity index (χ4v) is 4.22. The predicted octanol–water partition coefficient (Wildman–Crippen LogP) is 2.83. The first kappa shape index (κ1) is 23.4. The number of aliphatic hydroxyl groups excluding tert-OH is 1. The quantitative estimate of drug-likeness (QED) is 0.391. The minimum absolute atomic E-state index is 0.00540. The third-order valence-electron chi connectivity index (χ3n) is 6.13. The molecule has 0 spiro atoms. The third kappa shape index (κ3) is 4.24. The van der Waals surface area contributed by atoms with Gasteiger partial charge < -0.3 is 24.6 Å². The van der Waals surface area contributed by atoms with E-state index in [1.165, 1.54) is 30.5 Å². The van der Waals surface area contributed by atoms with Gasteiger partial charge >= 0.3 is 5.97 Å². The fraction of sp³-hybridized carbons (Fsp3) is 0.292. The Bertz CT molecular complexity index is 1320. The van der Waals surface area contributed by atoms with Gasteiger partial charge in [0.05, 0.1) is 11.2 Å². The van der Waals surface area contributed by atoms with E-state index in [0.717, 1.165) is 6.07 Å². The van der Waals surface area contributed by atoms with Crippen LogP contribution in [0.25, 0.3) is 10.9 Å². The van der Waals surface area contributed by atoms with Crippen LogP contribution in [0.15, 0.2) is 47.4 Å². The van der Waals surface area contributed by atoms with Gasteiger partial charge in [-0.1, -0.05) is 12.1 Å². The van der Waals surface area contributed by atoms with Crippen LogP contribution in [-0.4, -0.2) is 57.7 Å². The van der Waals surface area contributed by atoms with Gasteiger partial charge in [0.25, 0.3) is 0 Å². The monoisotopic (exact) mass is 470 g/mol. The number of amidine groups is 1. The van der Waals surface area contributed by atoms with Gasteiger partial charge in [0, 0.05) is 44.3 Å². The molecule has 1 saturated heterocycles. The van der Waals surface area contributed by atoms with Crippen LogP contribution in [0, 0.1) is 17.0 Å². The summed E-state index contributed by atoms with van der Waals surface area (Å²) in [5.74, 6) is -2.45. The molecule has 2 heterocycles. The third-order valence-corrected chi connectivity index (χ3v) is 6.13. The Hall–Kier alpha value is -3.79. The van der Waals surface area contributed by atoms with Crippen LogP contribution in [0.2, 0.25) is 0 Å². The van der Waals surface area contributed by atoms with Crippen molar-refractivity contribution in [2.75, 3.05) is 31.1 Å². The molecule has 3 aromatic rings. The highest BCUT2D eigenvalue weighted by Crippen LogP contribution is 2.27. The summed E-state index contributed by atoms with van der Waals surface area (Å²) in [5.41, 5.74) is -0.00930. The molecule has 0 radical (unpaired) electrons. The van der Waals surface area contributed by atoms with Crippen LogP contribution < -0.4 is 10.3 Å². The minimum Gasteiger partial charge on any atom is -0.477 e. The number of nitrogens with zero attached hydrogens (tertiary/aromatic N) is 3. The van der Waals surface area contributed by atoms with Crippen LogP contribution >= 0.6 is 0 Å². The van der Waals surface area contributed by atoms with Crippen molar-refractivity contribution in [1.29, 1.82) is 5.41 Å². The van der Waals surface area contributed by atoms with Gasteiger partial charge in [0.1, 0.15) is 29.1 Å². The first-order valence-electron chi connectivity index (χ1n) is 10.8. The molecule has 4 rings (SSSR count). The maximum absolute atomic E-state index is 15.0. The number of benzene rings is 2. The first-order chi connectivity index (χ1) is 16.2. The number of aliphatic hydroxyl groups is 1. The van der Waals surface area contributed by atoms with Crippen molar-refractivity contribution >= 4 is 28.4 Å². The summed E-state index contributed by atoms with van der Waals surface area (Å²) < 4.78 is 29.8. The zero-order chi connectivity index (χ0) is 24.6. The van der Waals surface area contributed by atoms with Crippen molar-refractivity contribution in [3.05, 3.63) is 75.6 Å². The highest BCUT2D eigenvalue weighted by Gasteiger charge is 2.26. The SMILES string of the molecule is CCn1cc(C(=O)O)c(=O)c2cc(F)c(N3CCN(C(=N)C(O)c4ccc(F)cc4)CC3)cc21. The number of aryl methyl sites for hydroxylation is 1. The lowest BCUT2D eigenvalue weighted by Crippen LogP contribution is -2.50. The van der Waals surface area contributed by atoms with E-state index in [2.05, 4.69) is 0 Å². The lowest BCUT2D eigenvalue weighted by molar-refractivity contribution is 0.0695. The van der Waals surface area contributed by atoms with E-state index in [4.69, 9.17) is 5.41 Å². The zero-order valence-electron chi connectivity index (χ0n) is 18.5. The van der Waals surface area contributed by atoms with Crippen molar-refractivity contribution in [3.8, 4) is 0 Å². The van der Waals surface area contributed by atoms with Crippen molar-refractivity contribution in [1.82, 2.24) is 9.47 Å². The molecule has 178 valence electrons. The molecule has 0 saturated carbocycles. The van der Waals surface area contributed by atoms with E-state index in [-0.39, 0.29) is 16.9 Å². The zero-order valence-corrected chi connectivity index (χ0v) is 18.5. The number of hydrogen-bond acceptors (Lipinski definition) is 5. The van der Waals surface area contributed by atoms with E-state index >= 15 is 4.39 Å². The van der Waals surface area contributed by atoms with Gasteiger partial charge in [-0.05, 0) is 36.8 Å². The molecule has 0 aliphatic carbocycles. The van der Waals surface area contributed by atoms with Crippen molar-refractivity contribution in [2.24, 2.45) is 0 Å². The molecule has 34 heavy (non-hydrogen) atoms. The molecular formula is C24H24F2N4O4. The molecule has 8 nitrogen and oxygen atoms in total. The smallest absolute Gasteiger partial charge is 0.341 e. The summed E-state index contributed by atoms with van der Waals surface area (Å²) >= 11 is 0. The molecule has 1 aromatic heterocycles. The van der Waals surface area contributed by atoms with Crippen LogP contribution in [0.5, 0.6) is 0 Å². The number of carboxylic acid groups (broad SMARTS) is 1. The van der Waals surface area contributed by atoms with Gasteiger partial charge in [-0.25, -0.2) is 13.6 Å². The first-order valence-corrected chi connectivity index (χ1v) is 10.8. The number of rotatable bonds is 5. The number of hydrogen-bond donors (Lipinski definition) is 3. The highest BCUT2D eigenvalue weighted by atomic mass is 19.1. The second kappa shape index (κ2) is 9.22. The number of anilines is 1. The number of piperazine rings is 1. The molecule has 1 fully saturated rings. The molecule has 10 heteroatoms. The summed E-state index contributed by atoms with van der Waals surface area (Å²) in [6.07, 6.45) is 0.0668. The lowest BCUT2D eigenvalue weighted by atomic mass is 10.1. The lowest BCUT2D eigenvalue weighted by Gasteiger charge is -2.38. The molecule has 1 aliphatic heterocycles. The number of fused-ring (bicyclic) bond motifs is 1. The maximum atomic E-state index is 15.0. The number of pyridine rings is 1. The summed E-state index contributed by atoms with van der Waals surface area (Å²) in [7, 11) is 0.